The number of hydrogen-bond donors (Lipinski definition) is 1. The number of para-hydroxylation sites is 1. The number of anilines is 1. The van der Waals surface area contributed by atoms with E-state index in [1.165, 1.54) is 16.6 Å². The molecule has 0 radical (unpaired) electrons. The van der Waals surface area contributed by atoms with Gasteiger partial charge in [-0.1, -0.05) is 58.6 Å². The molecule has 0 aliphatic heterocycles. The molecule has 1 atom stereocenters. The maximum absolute atomic E-state index is 10.7. The van der Waals surface area contributed by atoms with Gasteiger partial charge in [0, 0.05) is 30.4 Å². The van der Waals surface area contributed by atoms with Crippen LogP contribution in [-0.4, -0.2) is 27.3 Å². The molecule has 4 heteroatoms. The molecule has 1 N–H and O–H groups in total. The third-order valence-corrected chi connectivity index (χ3v) is 7.43. The van der Waals surface area contributed by atoms with Gasteiger partial charge in [-0.15, -0.1) is 0 Å². The summed E-state index contributed by atoms with van der Waals surface area (Å²) in [7, 11) is 3.08. The van der Waals surface area contributed by atoms with Crippen LogP contribution in [0.5, 0.6) is 5.75 Å². The molecule has 0 saturated carbocycles. The van der Waals surface area contributed by atoms with Gasteiger partial charge in [-0.3, -0.25) is 0 Å². The molecule has 2 nitrogen and oxygen atoms in total. The van der Waals surface area contributed by atoms with E-state index in [0.29, 0.717) is 14.3 Å². The molecule has 0 aliphatic rings. The van der Waals surface area contributed by atoms with E-state index in [1.54, 1.807) is 0 Å². The fraction of sp³-hybridized carbons (Fsp3) is 0.333. The molecule has 0 aliphatic carbocycles. The Bertz CT molecular complexity index is 677. The van der Waals surface area contributed by atoms with Gasteiger partial charge in [0.1, 0.15) is 5.75 Å². The van der Waals surface area contributed by atoms with Crippen LogP contribution in [0.25, 0.3) is 0 Å². The predicted molar refractivity (Wildman–Crippen MR) is 104 cm³/mol. The van der Waals surface area contributed by atoms with Crippen molar-refractivity contribution >= 4 is 38.1 Å². The minimum absolute atomic E-state index is 0.472. The van der Waals surface area contributed by atoms with Crippen LogP contribution in [-0.2, 0) is 0 Å². The molecule has 2 rings (SSSR count). The molecular weight excluding hydrogens is 305 g/mol. The van der Waals surface area contributed by atoms with Crippen LogP contribution in [0.3, 0.4) is 0 Å². The fourth-order valence-electron chi connectivity index (χ4n) is 2.57. The lowest BCUT2D eigenvalue weighted by Crippen LogP contribution is -2.39. The highest BCUT2D eigenvalue weighted by Crippen LogP contribution is 2.25. The monoisotopic (exact) mass is 331 g/mol. The largest absolute Gasteiger partial charge is 0.507 e. The zero-order valence-electron chi connectivity index (χ0n) is 14.4. The minimum Gasteiger partial charge on any atom is -0.507 e. The van der Waals surface area contributed by atoms with Crippen molar-refractivity contribution in [3.05, 3.63) is 42.0 Å². The predicted octanol–water partition coefficient (Wildman–Crippen LogP) is 2.94. The summed E-state index contributed by atoms with van der Waals surface area (Å²) in [5, 5.41) is 14.3. The summed E-state index contributed by atoms with van der Waals surface area (Å²) in [4.78, 5) is 2.15. The van der Waals surface area contributed by atoms with E-state index in [-0.39, 0.29) is 0 Å². The van der Waals surface area contributed by atoms with Crippen molar-refractivity contribution in [3.8, 4) is 5.75 Å². The van der Waals surface area contributed by atoms with Crippen molar-refractivity contribution in [2.45, 2.75) is 26.6 Å². The van der Waals surface area contributed by atoms with Crippen molar-refractivity contribution in [1.82, 2.24) is 0 Å². The number of hydrogen-bond acceptors (Lipinski definition) is 2. The fourth-order valence-corrected chi connectivity index (χ4v) is 5.56. The molecule has 0 bridgehead atoms. The van der Waals surface area contributed by atoms with Crippen molar-refractivity contribution < 1.29 is 5.11 Å². The Hall–Kier alpha value is -1.31. The van der Waals surface area contributed by atoms with Crippen LogP contribution in [0.2, 0.25) is 19.6 Å². The molecule has 0 amide bonds. The zero-order chi connectivity index (χ0) is 16.5. The first-order valence-corrected chi connectivity index (χ1v) is 12.1. The number of aryl methyl sites for hydroxylation is 1. The van der Waals surface area contributed by atoms with Gasteiger partial charge in [-0.2, -0.15) is 0 Å². The third-order valence-electron chi connectivity index (χ3n) is 3.84. The Labute approximate surface area is 137 Å². The number of phenols is 1. The summed E-state index contributed by atoms with van der Waals surface area (Å²) in [6, 6.07) is 12.6. The third kappa shape index (κ3) is 3.53. The van der Waals surface area contributed by atoms with Crippen LogP contribution < -0.4 is 20.7 Å². The molecule has 118 valence electrons. The lowest BCUT2D eigenvalue weighted by molar-refractivity contribution is 0.483. The van der Waals surface area contributed by atoms with Gasteiger partial charge < -0.3 is 10.0 Å². The maximum Gasteiger partial charge on any atom is 0.122 e. The van der Waals surface area contributed by atoms with E-state index in [2.05, 4.69) is 82.0 Å². The van der Waals surface area contributed by atoms with Gasteiger partial charge in [-0.05, 0) is 23.7 Å². The van der Waals surface area contributed by atoms with Crippen LogP contribution in [0, 0.1) is 6.92 Å². The summed E-state index contributed by atoms with van der Waals surface area (Å²) >= 11 is 0. The topological polar surface area (TPSA) is 23.5 Å². The van der Waals surface area contributed by atoms with Gasteiger partial charge in [0.25, 0.3) is 0 Å². The van der Waals surface area contributed by atoms with E-state index in [9.17, 15) is 5.11 Å². The van der Waals surface area contributed by atoms with Crippen LogP contribution in [0.15, 0.2) is 36.4 Å². The van der Waals surface area contributed by atoms with Crippen molar-refractivity contribution in [1.29, 1.82) is 0 Å². The van der Waals surface area contributed by atoms with E-state index in [1.807, 2.05) is 0 Å². The van der Waals surface area contributed by atoms with Gasteiger partial charge >= 0.3 is 0 Å². The molecule has 0 saturated heterocycles. The Morgan fingerprint density at radius 2 is 1.64 bits per heavy atom. The molecule has 0 spiro atoms. The van der Waals surface area contributed by atoms with Crippen molar-refractivity contribution in [3.63, 3.8) is 0 Å². The van der Waals surface area contributed by atoms with Gasteiger partial charge in [0.05, 0.1) is 8.07 Å². The normalized spacial score (nSPS) is 12.1. The Morgan fingerprint density at radius 1 is 1.00 bits per heavy atom. The number of benzene rings is 2. The van der Waals surface area contributed by atoms with E-state index in [0.717, 1.165) is 10.5 Å². The van der Waals surface area contributed by atoms with E-state index in [4.69, 9.17) is 0 Å². The van der Waals surface area contributed by atoms with Crippen molar-refractivity contribution in [2.24, 2.45) is 0 Å². The number of phenolic OH excluding ortho intramolecular Hbond substituents is 1. The maximum atomic E-state index is 10.7. The molecule has 1 unspecified atom stereocenters. The quantitative estimate of drug-likeness (QED) is 0.688. The molecule has 0 aromatic heterocycles. The minimum atomic E-state index is -1.53. The van der Waals surface area contributed by atoms with E-state index < -0.39 is 8.07 Å². The zero-order valence-corrected chi connectivity index (χ0v) is 16.4. The van der Waals surface area contributed by atoms with Gasteiger partial charge in [0.15, 0.2) is 0 Å². The molecule has 2 aromatic carbocycles. The standard InChI is InChI=1S/C18H26NOPSi/c1-13-9-7-10-14(19(2)3)18(13)21-15-11-8-12-16(17(15)20)22(4,5)6/h7-12,20-21H,1-6H3. The average molecular weight is 331 g/mol. The van der Waals surface area contributed by atoms with Crippen LogP contribution >= 0.6 is 8.58 Å². The molecule has 2 aromatic rings. The van der Waals surface area contributed by atoms with Gasteiger partial charge in [-0.25, -0.2) is 0 Å². The summed E-state index contributed by atoms with van der Waals surface area (Å²) in [5.41, 5.74) is 2.51. The summed E-state index contributed by atoms with van der Waals surface area (Å²) in [6.45, 7) is 8.96. The summed E-state index contributed by atoms with van der Waals surface area (Å²) in [5.74, 6) is 0.507. The number of nitrogens with zero attached hydrogens (tertiary/aromatic N) is 1. The first-order valence-electron chi connectivity index (χ1n) is 7.58. The molecular formula is C18H26NOPSi. The molecule has 22 heavy (non-hydrogen) atoms. The van der Waals surface area contributed by atoms with Gasteiger partial charge in [0.2, 0.25) is 0 Å². The Balaban J connectivity index is 2.49. The van der Waals surface area contributed by atoms with Crippen molar-refractivity contribution in [2.75, 3.05) is 19.0 Å². The molecule has 0 heterocycles. The highest BCUT2D eigenvalue weighted by Gasteiger charge is 2.22. The smallest absolute Gasteiger partial charge is 0.122 e. The second-order valence-corrected chi connectivity index (χ2v) is 13.3. The SMILES string of the molecule is Cc1cccc(N(C)C)c1Pc1cccc([Si](C)(C)C)c1O. The lowest BCUT2D eigenvalue weighted by atomic mass is 10.2. The number of rotatable bonds is 4. The summed E-state index contributed by atoms with van der Waals surface area (Å²) in [6.07, 6.45) is 0. The van der Waals surface area contributed by atoms with E-state index >= 15 is 0 Å². The second-order valence-electron chi connectivity index (χ2n) is 6.94. The first kappa shape index (κ1) is 17.0. The lowest BCUT2D eigenvalue weighted by Gasteiger charge is -2.22. The van der Waals surface area contributed by atoms with Crippen LogP contribution in [0.1, 0.15) is 5.56 Å². The highest BCUT2D eigenvalue weighted by atomic mass is 31.1. The molecule has 0 fully saturated rings. The Kier molecular flexibility index (Phi) is 4.99. The highest BCUT2D eigenvalue weighted by molar-refractivity contribution is 7.56. The number of aromatic hydroxyl groups is 1. The van der Waals surface area contributed by atoms with Crippen LogP contribution in [0.4, 0.5) is 5.69 Å². The average Bonchev–Trinajstić information content (AvgIpc) is 2.41. The summed E-state index contributed by atoms with van der Waals surface area (Å²) < 4.78 is 0. The second kappa shape index (κ2) is 6.43. The first-order chi connectivity index (χ1) is 10.2. The Morgan fingerprint density at radius 3 is 2.23 bits per heavy atom.